The van der Waals surface area contributed by atoms with E-state index in [4.69, 9.17) is 0 Å². The van der Waals surface area contributed by atoms with Crippen LogP contribution in [-0.2, 0) is 26.2 Å². The molecule has 184 valence electrons. The van der Waals surface area contributed by atoms with Crippen molar-refractivity contribution in [2.75, 3.05) is 17.9 Å². The first-order valence-corrected chi connectivity index (χ1v) is 12.8. The lowest BCUT2D eigenvalue weighted by Crippen LogP contribution is -2.50. The maximum Gasteiger partial charge on any atom is 0.264 e. The van der Waals surface area contributed by atoms with Gasteiger partial charge in [-0.1, -0.05) is 65.7 Å². The molecule has 1 N–H and O–H groups in total. The van der Waals surface area contributed by atoms with E-state index in [1.54, 1.807) is 49.4 Å². The lowest BCUT2D eigenvalue weighted by Gasteiger charge is -2.31. The van der Waals surface area contributed by atoms with Crippen LogP contribution in [-0.4, -0.2) is 44.8 Å². The van der Waals surface area contributed by atoms with Crippen molar-refractivity contribution >= 4 is 27.5 Å². The Hall–Kier alpha value is -3.65. The molecule has 8 heteroatoms. The van der Waals surface area contributed by atoms with Crippen LogP contribution in [0.25, 0.3) is 0 Å². The molecule has 0 heterocycles. The fourth-order valence-electron chi connectivity index (χ4n) is 3.64. The van der Waals surface area contributed by atoms with Crippen LogP contribution in [0.1, 0.15) is 23.6 Å². The van der Waals surface area contributed by atoms with Gasteiger partial charge >= 0.3 is 0 Å². The first kappa shape index (κ1) is 26.0. The summed E-state index contributed by atoms with van der Waals surface area (Å²) in [4.78, 5) is 27.6. The van der Waals surface area contributed by atoms with E-state index in [9.17, 15) is 18.0 Å². The molecule has 0 fully saturated rings. The van der Waals surface area contributed by atoms with Crippen molar-refractivity contribution in [1.82, 2.24) is 10.2 Å². The summed E-state index contributed by atoms with van der Waals surface area (Å²) in [6.07, 6.45) is 0. The van der Waals surface area contributed by atoms with Gasteiger partial charge in [-0.25, -0.2) is 8.42 Å². The van der Waals surface area contributed by atoms with Crippen LogP contribution < -0.4 is 9.62 Å². The zero-order valence-electron chi connectivity index (χ0n) is 20.4. The lowest BCUT2D eigenvalue weighted by atomic mass is 10.1. The normalized spacial score (nSPS) is 12.0. The quantitative estimate of drug-likeness (QED) is 0.493. The minimum atomic E-state index is -4.04. The molecule has 1 atom stereocenters. The van der Waals surface area contributed by atoms with E-state index in [0.717, 1.165) is 21.0 Å². The van der Waals surface area contributed by atoms with Gasteiger partial charge in [-0.15, -0.1) is 0 Å². The summed E-state index contributed by atoms with van der Waals surface area (Å²) in [5.41, 5.74) is 3.21. The number of hydrogen-bond donors (Lipinski definition) is 1. The van der Waals surface area contributed by atoms with Gasteiger partial charge in [-0.2, -0.15) is 0 Å². The summed E-state index contributed by atoms with van der Waals surface area (Å²) in [6.45, 7) is 5.19. The predicted molar refractivity (Wildman–Crippen MR) is 137 cm³/mol. The number of anilines is 1. The molecule has 0 aliphatic rings. The molecule has 35 heavy (non-hydrogen) atoms. The molecule has 0 aliphatic carbocycles. The number of aryl methyl sites for hydroxylation is 2. The first-order valence-electron chi connectivity index (χ1n) is 11.3. The average Bonchev–Trinajstić information content (AvgIpc) is 2.86. The Labute approximate surface area is 207 Å². The van der Waals surface area contributed by atoms with Crippen LogP contribution in [0, 0.1) is 13.8 Å². The fourth-order valence-corrected chi connectivity index (χ4v) is 5.06. The van der Waals surface area contributed by atoms with Crippen molar-refractivity contribution in [3.05, 3.63) is 95.6 Å². The maximum absolute atomic E-state index is 13.6. The third-order valence-electron chi connectivity index (χ3n) is 5.82. The molecule has 3 rings (SSSR count). The van der Waals surface area contributed by atoms with Crippen LogP contribution >= 0.6 is 0 Å². The number of benzene rings is 3. The Balaban J connectivity index is 1.99. The minimum Gasteiger partial charge on any atom is -0.357 e. The number of para-hydroxylation sites is 1. The van der Waals surface area contributed by atoms with E-state index in [2.05, 4.69) is 5.32 Å². The van der Waals surface area contributed by atoms with Crippen molar-refractivity contribution in [2.24, 2.45) is 0 Å². The fraction of sp³-hybridized carbons (Fsp3) is 0.259. The average molecular weight is 494 g/mol. The number of likely N-dealkylation sites (N-methyl/N-ethyl adjacent to an activating group) is 1. The van der Waals surface area contributed by atoms with Gasteiger partial charge in [0.1, 0.15) is 12.6 Å². The number of amides is 2. The van der Waals surface area contributed by atoms with E-state index >= 15 is 0 Å². The minimum absolute atomic E-state index is 0.0872. The molecule has 0 bridgehead atoms. The Morgan fingerprint density at radius 2 is 1.40 bits per heavy atom. The molecule has 0 saturated carbocycles. The highest BCUT2D eigenvalue weighted by Crippen LogP contribution is 2.24. The van der Waals surface area contributed by atoms with Gasteiger partial charge in [0.15, 0.2) is 0 Å². The van der Waals surface area contributed by atoms with Crippen molar-refractivity contribution in [3.8, 4) is 0 Å². The lowest BCUT2D eigenvalue weighted by molar-refractivity contribution is -0.139. The van der Waals surface area contributed by atoms with E-state index in [-0.39, 0.29) is 17.3 Å². The van der Waals surface area contributed by atoms with E-state index in [1.165, 1.54) is 24.1 Å². The predicted octanol–water partition coefficient (Wildman–Crippen LogP) is 3.66. The Kier molecular flexibility index (Phi) is 8.30. The standard InChI is InChI=1S/C27H31N3O4S/c1-20-10-14-23(15-11-20)18-29(22(3)27(32)28-4)26(31)19-30(24-8-6-5-7-9-24)35(33,34)25-16-12-21(2)13-17-25/h5-17,22H,18-19H2,1-4H3,(H,28,32)/t22-/m1/s1. The molecule has 2 amide bonds. The van der Waals surface area contributed by atoms with Gasteiger partial charge < -0.3 is 10.2 Å². The van der Waals surface area contributed by atoms with Crippen LogP contribution in [0.2, 0.25) is 0 Å². The smallest absolute Gasteiger partial charge is 0.264 e. The molecule has 3 aromatic carbocycles. The first-order chi connectivity index (χ1) is 16.6. The summed E-state index contributed by atoms with van der Waals surface area (Å²) in [6, 6.07) is 21.8. The molecule has 0 spiro atoms. The molecule has 0 aliphatic heterocycles. The number of rotatable bonds is 9. The van der Waals surface area contributed by atoms with Gasteiger partial charge in [0.05, 0.1) is 10.6 Å². The molecular weight excluding hydrogens is 462 g/mol. The number of hydrogen-bond acceptors (Lipinski definition) is 4. The van der Waals surface area contributed by atoms with Crippen molar-refractivity contribution in [2.45, 2.75) is 38.3 Å². The third-order valence-corrected chi connectivity index (χ3v) is 7.61. The second kappa shape index (κ2) is 11.2. The van der Waals surface area contributed by atoms with Crippen LogP contribution in [0.3, 0.4) is 0 Å². The summed E-state index contributed by atoms with van der Waals surface area (Å²) < 4.78 is 28.4. The Bertz CT molecular complexity index is 1260. The largest absolute Gasteiger partial charge is 0.357 e. The number of carbonyl (C=O) groups is 2. The highest BCUT2D eigenvalue weighted by molar-refractivity contribution is 7.92. The van der Waals surface area contributed by atoms with Crippen molar-refractivity contribution < 1.29 is 18.0 Å². The van der Waals surface area contributed by atoms with Gasteiger partial charge in [-0.05, 0) is 50.6 Å². The van der Waals surface area contributed by atoms with Gasteiger partial charge in [-0.3, -0.25) is 13.9 Å². The Morgan fingerprint density at radius 1 is 0.857 bits per heavy atom. The molecule has 0 aromatic heterocycles. The molecule has 7 nitrogen and oxygen atoms in total. The van der Waals surface area contributed by atoms with Crippen molar-refractivity contribution in [1.29, 1.82) is 0 Å². The van der Waals surface area contributed by atoms with Gasteiger partial charge in [0.2, 0.25) is 11.8 Å². The second-order valence-corrected chi connectivity index (χ2v) is 10.3. The van der Waals surface area contributed by atoms with Gasteiger partial charge in [0, 0.05) is 13.6 Å². The topological polar surface area (TPSA) is 86.8 Å². The summed E-state index contributed by atoms with van der Waals surface area (Å²) in [5, 5.41) is 2.58. The van der Waals surface area contributed by atoms with E-state index < -0.39 is 28.5 Å². The number of carbonyl (C=O) groups excluding carboxylic acids is 2. The van der Waals surface area contributed by atoms with Crippen molar-refractivity contribution in [3.63, 3.8) is 0 Å². The second-order valence-electron chi connectivity index (χ2n) is 8.46. The Morgan fingerprint density at radius 3 is 1.94 bits per heavy atom. The van der Waals surface area contributed by atoms with Gasteiger partial charge in [0.25, 0.3) is 10.0 Å². The molecule has 0 radical (unpaired) electrons. The summed E-state index contributed by atoms with van der Waals surface area (Å²) in [5.74, 6) is -0.820. The third kappa shape index (κ3) is 6.27. The van der Waals surface area contributed by atoms with E-state index in [1.807, 2.05) is 38.1 Å². The van der Waals surface area contributed by atoms with Crippen LogP contribution in [0.5, 0.6) is 0 Å². The summed E-state index contributed by atoms with van der Waals surface area (Å²) >= 11 is 0. The molecule has 0 unspecified atom stereocenters. The highest BCUT2D eigenvalue weighted by Gasteiger charge is 2.32. The number of sulfonamides is 1. The molecular formula is C27H31N3O4S. The summed E-state index contributed by atoms with van der Waals surface area (Å²) in [7, 11) is -2.54. The van der Waals surface area contributed by atoms with E-state index in [0.29, 0.717) is 5.69 Å². The maximum atomic E-state index is 13.6. The zero-order chi connectivity index (χ0) is 25.6. The van der Waals surface area contributed by atoms with Crippen LogP contribution in [0.4, 0.5) is 5.69 Å². The highest BCUT2D eigenvalue weighted by atomic mass is 32.2. The SMILES string of the molecule is CNC(=O)[C@@H](C)N(Cc1ccc(C)cc1)C(=O)CN(c1ccccc1)S(=O)(=O)c1ccc(C)cc1. The molecule has 0 saturated heterocycles. The number of nitrogens with one attached hydrogen (secondary N) is 1. The van der Waals surface area contributed by atoms with Crippen LogP contribution in [0.15, 0.2) is 83.8 Å². The zero-order valence-corrected chi connectivity index (χ0v) is 21.2. The number of nitrogens with zero attached hydrogens (tertiary/aromatic N) is 2. The monoisotopic (exact) mass is 493 g/mol. The molecule has 3 aromatic rings.